The lowest BCUT2D eigenvalue weighted by Crippen LogP contribution is -2.39. The molecule has 1 fully saturated rings. The van der Waals surface area contributed by atoms with Gasteiger partial charge in [-0.05, 0) is 42.8 Å². The van der Waals surface area contributed by atoms with Crippen LogP contribution in [0.2, 0.25) is 0 Å². The first-order valence-electron chi connectivity index (χ1n) is 8.62. The maximum Gasteiger partial charge on any atom is 0.222 e. The van der Waals surface area contributed by atoms with Gasteiger partial charge in [0.05, 0.1) is 6.10 Å². The van der Waals surface area contributed by atoms with Gasteiger partial charge in [-0.15, -0.1) is 0 Å². The van der Waals surface area contributed by atoms with Gasteiger partial charge in [-0.3, -0.25) is 4.79 Å². The number of likely N-dealkylation sites (tertiary alicyclic amines) is 1. The molecule has 1 saturated heterocycles. The zero-order valence-electron chi connectivity index (χ0n) is 14.5. The Morgan fingerprint density at radius 1 is 1.12 bits per heavy atom. The van der Waals surface area contributed by atoms with E-state index in [0.29, 0.717) is 19.5 Å². The first-order valence-corrected chi connectivity index (χ1v) is 8.62. The van der Waals surface area contributed by atoms with E-state index in [1.807, 2.05) is 66.5 Å². The van der Waals surface area contributed by atoms with Crippen molar-refractivity contribution in [2.45, 2.75) is 18.9 Å². The van der Waals surface area contributed by atoms with E-state index in [-0.39, 0.29) is 5.91 Å². The van der Waals surface area contributed by atoms with E-state index >= 15 is 0 Å². The number of hydrogen-bond donors (Lipinski definition) is 1. The number of carbonyl (C=O) groups is 1. The molecule has 0 aromatic heterocycles. The van der Waals surface area contributed by atoms with Gasteiger partial charge in [-0.2, -0.15) is 0 Å². The first kappa shape index (κ1) is 17.3. The van der Waals surface area contributed by atoms with E-state index in [0.717, 1.165) is 30.2 Å². The van der Waals surface area contributed by atoms with Gasteiger partial charge in [0.15, 0.2) is 0 Å². The summed E-state index contributed by atoms with van der Waals surface area (Å²) < 4.78 is 5.78. The summed E-state index contributed by atoms with van der Waals surface area (Å²) in [6, 6.07) is 17.4. The van der Waals surface area contributed by atoms with Crippen molar-refractivity contribution >= 4 is 11.6 Å². The first-order chi connectivity index (χ1) is 12.1. The fourth-order valence-electron chi connectivity index (χ4n) is 3.02. The van der Waals surface area contributed by atoms with Crippen LogP contribution < -0.4 is 9.64 Å². The third-order valence-corrected chi connectivity index (χ3v) is 4.34. The number of ether oxygens (including phenoxy) is 1. The minimum absolute atomic E-state index is 0.143. The number of rotatable bonds is 7. The number of anilines is 1. The second-order valence-electron chi connectivity index (χ2n) is 6.39. The van der Waals surface area contributed by atoms with Crippen molar-refractivity contribution in [3.63, 3.8) is 0 Å². The van der Waals surface area contributed by atoms with E-state index < -0.39 is 6.10 Å². The summed E-state index contributed by atoms with van der Waals surface area (Å²) in [6.45, 7) is 1.63. The molecule has 0 aliphatic carbocycles. The van der Waals surface area contributed by atoms with Crippen molar-refractivity contribution < 1.29 is 14.6 Å². The molecule has 132 valence electrons. The minimum Gasteiger partial charge on any atom is -0.457 e. The molecule has 1 unspecified atom stereocenters. The van der Waals surface area contributed by atoms with Crippen LogP contribution in [0.4, 0.5) is 5.69 Å². The third kappa shape index (κ3) is 4.73. The van der Waals surface area contributed by atoms with Gasteiger partial charge in [0.2, 0.25) is 5.91 Å². The number of β-amino-alcohol motifs (C(OH)–C–C–N with tert-alkyl or cyclic N) is 1. The molecule has 5 heteroatoms. The molecule has 0 bridgehead atoms. The van der Waals surface area contributed by atoms with Gasteiger partial charge in [-0.25, -0.2) is 0 Å². The lowest BCUT2D eigenvalue weighted by Gasteiger charge is -2.26. The number of likely N-dealkylation sites (N-methyl/N-ethyl adjacent to an activating group) is 1. The molecule has 1 heterocycles. The van der Waals surface area contributed by atoms with E-state index in [2.05, 4.69) is 0 Å². The molecule has 1 aliphatic heterocycles. The smallest absolute Gasteiger partial charge is 0.222 e. The van der Waals surface area contributed by atoms with Crippen LogP contribution in [0.5, 0.6) is 11.5 Å². The van der Waals surface area contributed by atoms with Gasteiger partial charge in [-0.1, -0.05) is 18.2 Å². The normalized spacial score (nSPS) is 15.3. The maximum absolute atomic E-state index is 11.6. The van der Waals surface area contributed by atoms with Crippen molar-refractivity contribution in [3.8, 4) is 11.5 Å². The molecule has 0 saturated carbocycles. The Kier molecular flexibility index (Phi) is 5.56. The van der Waals surface area contributed by atoms with Crippen molar-refractivity contribution in [2.24, 2.45) is 0 Å². The summed E-state index contributed by atoms with van der Waals surface area (Å²) in [6.07, 6.45) is 0.933. The Morgan fingerprint density at radius 3 is 2.44 bits per heavy atom. The van der Waals surface area contributed by atoms with Crippen LogP contribution in [0.3, 0.4) is 0 Å². The molecular formula is C20H24N2O3. The fourth-order valence-corrected chi connectivity index (χ4v) is 3.02. The zero-order chi connectivity index (χ0) is 17.6. The van der Waals surface area contributed by atoms with Crippen LogP contribution in [-0.4, -0.2) is 48.7 Å². The second kappa shape index (κ2) is 8.03. The molecule has 25 heavy (non-hydrogen) atoms. The highest BCUT2D eigenvalue weighted by molar-refractivity contribution is 5.78. The third-order valence-electron chi connectivity index (χ3n) is 4.34. The van der Waals surface area contributed by atoms with Crippen LogP contribution in [0.1, 0.15) is 12.8 Å². The van der Waals surface area contributed by atoms with Crippen molar-refractivity contribution in [1.82, 2.24) is 4.90 Å². The predicted molar refractivity (Wildman–Crippen MR) is 98.0 cm³/mol. The summed E-state index contributed by atoms with van der Waals surface area (Å²) in [5, 5.41) is 10.2. The molecule has 2 aromatic carbocycles. The summed E-state index contributed by atoms with van der Waals surface area (Å²) in [7, 11) is 1.93. The fraction of sp³-hybridized carbons (Fsp3) is 0.350. The van der Waals surface area contributed by atoms with Gasteiger partial charge < -0.3 is 19.6 Å². The molecule has 3 rings (SSSR count). The quantitative estimate of drug-likeness (QED) is 0.842. The van der Waals surface area contributed by atoms with Crippen LogP contribution >= 0.6 is 0 Å². The SMILES string of the molecule is CN(CC(O)CN1CCCC1=O)c1ccc(Oc2ccccc2)cc1. The summed E-state index contributed by atoms with van der Waals surface area (Å²) in [5.41, 5.74) is 0.993. The van der Waals surface area contributed by atoms with Crippen LogP contribution in [0.15, 0.2) is 54.6 Å². The number of aliphatic hydroxyl groups excluding tert-OH is 1. The van der Waals surface area contributed by atoms with Crippen molar-refractivity contribution in [2.75, 3.05) is 31.6 Å². The number of benzene rings is 2. The monoisotopic (exact) mass is 340 g/mol. The molecule has 0 spiro atoms. The Labute approximate surface area is 148 Å². The van der Waals surface area contributed by atoms with E-state index in [1.165, 1.54) is 0 Å². The van der Waals surface area contributed by atoms with Crippen LogP contribution in [0.25, 0.3) is 0 Å². The van der Waals surface area contributed by atoms with Gasteiger partial charge in [0.25, 0.3) is 0 Å². The molecule has 2 aromatic rings. The average Bonchev–Trinajstić information content (AvgIpc) is 3.01. The molecule has 1 aliphatic rings. The number of amides is 1. The Morgan fingerprint density at radius 2 is 1.80 bits per heavy atom. The van der Waals surface area contributed by atoms with Gasteiger partial charge >= 0.3 is 0 Å². The number of hydrogen-bond acceptors (Lipinski definition) is 4. The van der Waals surface area contributed by atoms with Crippen LogP contribution in [-0.2, 0) is 4.79 Å². The Hall–Kier alpha value is -2.53. The second-order valence-corrected chi connectivity index (χ2v) is 6.39. The Balaban J connectivity index is 1.53. The molecule has 1 N–H and O–H groups in total. The largest absolute Gasteiger partial charge is 0.457 e. The predicted octanol–water partition coefficient (Wildman–Crippen LogP) is 2.90. The summed E-state index contributed by atoms with van der Waals surface area (Å²) >= 11 is 0. The maximum atomic E-state index is 11.6. The molecule has 1 atom stereocenters. The van der Waals surface area contributed by atoms with Crippen molar-refractivity contribution in [1.29, 1.82) is 0 Å². The summed E-state index contributed by atoms with van der Waals surface area (Å²) in [5.74, 6) is 1.71. The van der Waals surface area contributed by atoms with Crippen molar-refractivity contribution in [3.05, 3.63) is 54.6 Å². The minimum atomic E-state index is -0.563. The highest BCUT2D eigenvalue weighted by Gasteiger charge is 2.23. The number of aliphatic hydroxyl groups is 1. The standard InChI is InChI=1S/C20H24N2O3/c1-21(14-17(23)15-22-13-5-8-20(22)24)16-9-11-19(12-10-16)25-18-6-3-2-4-7-18/h2-4,6-7,9-12,17,23H,5,8,13-15H2,1H3. The highest BCUT2D eigenvalue weighted by Crippen LogP contribution is 2.24. The number of nitrogens with zero attached hydrogens (tertiary/aromatic N) is 2. The average molecular weight is 340 g/mol. The van der Waals surface area contributed by atoms with Crippen LogP contribution in [0, 0.1) is 0 Å². The molecule has 0 radical (unpaired) electrons. The van der Waals surface area contributed by atoms with Gasteiger partial charge in [0.1, 0.15) is 11.5 Å². The van der Waals surface area contributed by atoms with E-state index in [1.54, 1.807) is 4.90 Å². The van der Waals surface area contributed by atoms with E-state index in [4.69, 9.17) is 4.74 Å². The zero-order valence-corrected chi connectivity index (χ0v) is 14.5. The lowest BCUT2D eigenvalue weighted by molar-refractivity contribution is -0.128. The number of carbonyl (C=O) groups excluding carboxylic acids is 1. The molecular weight excluding hydrogens is 316 g/mol. The topological polar surface area (TPSA) is 53.0 Å². The van der Waals surface area contributed by atoms with Gasteiger partial charge in [0, 0.05) is 38.8 Å². The Bertz CT molecular complexity index is 688. The van der Waals surface area contributed by atoms with E-state index in [9.17, 15) is 9.90 Å². The highest BCUT2D eigenvalue weighted by atomic mass is 16.5. The lowest BCUT2D eigenvalue weighted by atomic mass is 10.2. The molecule has 1 amide bonds. The number of para-hydroxylation sites is 1. The molecule has 5 nitrogen and oxygen atoms in total. The summed E-state index contributed by atoms with van der Waals surface area (Å²) in [4.78, 5) is 15.4.